The van der Waals surface area contributed by atoms with Crippen LogP contribution in [0.3, 0.4) is 0 Å². The molecule has 0 saturated heterocycles. The van der Waals surface area contributed by atoms with Gasteiger partial charge in [0.1, 0.15) is 6.54 Å². The standard InChI is InChI=1S/C15H23N5O2/c1-6-15(3,7-2)14-17-13(22-18-14)11-8-16-20(9-11)10-12(21)19(4)5/h8-9H,6-7,10H2,1-5H3. The molecule has 2 aromatic heterocycles. The molecule has 0 aromatic carbocycles. The molecule has 0 fully saturated rings. The number of carbonyl (C=O) groups is 1. The predicted octanol–water partition coefficient (Wildman–Crippen LogP) is 2.10. The normalized spacial score (nSPS) is 11.7. The minimum absolute atomic E-state index is 0.0228. The molecule has 1 amide bonds. The monoisotopic (exact) mass is 305 g/mol. The second-order valence-corrected chi connectivity index (χ2v) is 5.91. The van der Waals surface area contributed by atoms with Crippen molar-refractivity contribution in [1.82, 2.24) is 24.8 Å². The molecule has 2 aromatic rings. The Morgan fingerprint density at radius 1 is 1.36 bits per heavy atom. The lowest BCUT2D eigenvalue weighted by Gasteiger charge is -2.21. The van der Waals surface area contributed by atoms with Gasteiger partial charge in [0.05, 0.1) is 11.8 Å². The third-order valence-corrected chi connectivity index (χ3v) is 4.20. The highest BCUT2D eigenvalue weighted by Gasteiger charge is 2.28. The van der Waals surface area contributed by atoms with E-state index in [-0.39, 0.29) is 17.9 Å². The largest absolute Gasteiger partial charge is 0.347 e. The van der Waals surface area contributed by atoms with Crippen LogP contribution in [0.5, 0.6) is 0 Å². The summed E-state index contributed by atoms with van der Waals surface area (Å²) in [5, 5.41) is 8.27. The van der Waals surface area contributed by atoms with Gasteiger partial charge in [-0.25, -0.2) is 0 Å². The van der Waals surface area contributed by atoms with Crippen molar-refractivity contribution >= 4 is 5.91 Å². The molecule has 7 nitrogen and oxygen atoms in total. The minimum atomic E-state index is -0.0847. The number of amides is 1. The van der Waals surface area contributed by atoms with E-state index in [1.165, 1.54) is 4.90 Å². The summed E-state index contributed by atoms with van der Waals surface area (Å²) in [6.07, 6.45) is 5.27. The molecule has 2 rings (SSSR count). The lowest BCUT2D eigenvalue weighted by Crippen LogP contribution is -2.26. The van der Waals surface area contributed by atoms with E-state index in [0.29, 0.717) is 11.7 Å². The van der Waals surface area contributed by atoms with Gasteiger partial charge in [0, 0.05) is 25.7 Å². The lowest BCUT2D eigenvalue weighted by molar-refractivity contribution is -0.129. The summed E-state index contributed by atoms with van der Waals surface area (Å²) in [6.45, 7) is 6.55. The highest BCUT2D eigenvalue weighted by atomic mass is 16.5. The SMILES string of the molecule is CCC(C)(CC)c1noc(-c2cnn(CC(=O)N(C)C)c2)n1. The summed E-state index contributed by atoms with van der Waals surface area (Å²) < 4.78 is 6.93. The van der Waals surface area contributed by atoms with E-state index in [1.54, 1.807) is 31.2 Å². The van der Waals surface area contributed by atoms with Gasteiger partial charge in [0.15, 0.2) is 5.82 Å². The van der Waals surface area contributed by atoms with Gasteiger partial charge in [-0.15, -0.1) is 0 Å². The van der Waals surface area contributed by atoms with E-state index < -0.39 is 0 Å². The summed E-state index contributed by atoms with van der Waals surface area (Å²) in [4.78, 5) is 17.7. The smallest absolute Gasteiger partial charge is 0.261 e. The van der Waals surface area contributed by atoms with Crippen molar-refractivity contribution in [3.05, 3.63) is 18.2 Å². The maximum absolute atomic E-state index is 11.7. The van der Waals surface area contributed by atoms with Crippen molar-refractivity contribution in [3.63, 3.8) is 0 Å². The van der Waals surface area contributed by atoms with Gasteiger partial charge < -0.3 is 9.42 Å². The molecule has 0 unspecified atom stereocenters. The topological polar surface area (TPSA) is 77.0 Å². The summed E-state index contributed by atoms with van der Waals surface area (Å²) >= 11 is 0. The maximum atomic E-state index is 11.7. The van der Waals surface area contributed by atoms with Crippen LogP contribution in [0.25, 0.3) is 11.5 Å². The van der Waals surface area contributed by atoms with Crippen molar-refractivity contribution in [2.24, 2.45) is 0 Å². The number of aromatic nitrogens is 4. The van der Waals surface area contributed by atoms with Crippen molar-refractivity contribution < 1.29 is 9.32 Å². The van der Waals surface area contributed by atoms with Crippen LogP contribution in [0.4, 0.5) is 0 Å². The van der Waals surface area contributed by atoms with Gasteiger partial charge in [0.25, 0.3) is 5.89 Å². The fraction of sp³-hybridized carbons (Fsp3) is 0.600. The molecule has 2 heterocycles. The Kier molecular flexibility index (Phi) is 4.63. The molecule has 0 aliphatic carbocycles. The van der Waals surface area contributed by atoms with Crippen LogP contribution in [-0.4, -0.2) is 44.8 Å². The molecule has 0 spiro atoms. The molecule has 0 radical (unpaired) electrons. The molecule has 7 heteroatoms. The number of carbonyl (C=O) groups excluding carboxylic acids is 1. The quantitative estimate of drug-likeness (QED) is 0.816. The predicted molar refractivity (Wildman–Crippen MR) is 82.1 cm³/mol. The zero-order valence-electron chi connectivity index (χ0n) is 13.8. The molecule has 0 saturated carbocycles. The summed E-state index contributed by atoms with van der Waals surface area (Å²) in [7, 11) is 3.43. The van der Waals surface area contributed by atoms with E-state index in [4.69, 9.17) is 4.52 Å². The zero-order valence-corrected chi connectivity index (χ0v) is 13.8. The second-order valence-electron chi connectivity index (χ2n) is 5.91. The van der Waals surface area contributed by atoms with Crippen LogP contribution < -0.4 is 0 Å². The van der Waals surface area contributed by atoms with Crippen LogP contribution in [-0.2, 0) is 16.8 Å². The van der Waals surface area contributed by atoms with Crippen molar-refractivity contribution in [3.8, 4) is 11.5 Å². The average Bonchev–Trinajstić information content (AvgIpc) is 3.15. The Labute approximate surface area is 130 Å². The Bertz CT molecular complexity index is 640. The third-order valence-electron chi connectivity index (χ3n) is 4.20. The van der Waals surface area contributed by atoms with E-state index in [0.717, 1.165) is 18.4 Å². The molecular weight excluding hydrogens is 282 g/mol. The Hall–Kier alpha value is -2.18. The highest BCUT2D eigenvalue weighted by Crippen LogP contribution is 2.30. The number of likely N-dealkylation sites (N-methyl/N-ethyl adjacent to an activating group) is 1. The lowest BCUT2D eigenvalue weighted by atomic mass is 9.84. The van der Waals surface area contributed by atoms with Crippen molar-refractivity contribution in [1.29, 1.82) is 0 Å². The van der Waals surface area contributed by atoms with Crippen molar-refractivity contribution in [2.45, 2.75) is 45.6 Å². The average molecular weight is 305 g/mol. The third kappa shape index (κ3) is 3.18. The fourth-order valence-corrected chi connectivity index (χ4v) is 1.99. The Morgan fingerprint density at radius 2 is 2.05 bits per heavy atom. The first kappa shape index (κ1) is 16.2. The van der Waals surface area contributed by atoms with Crippen LogP contribution in [0.2, 0.25) is 0 Å². The first-order valence-electron chi connectivity index (χ1n) is 7.46. The summed E-state index contributed by atoms with van der Waals surface area (Å²) in [5.74, 6) is 1.13. The Morgan fingerprint density at radius 3 is 2.64 bits per heavy atom. The Balaban J connectivity index is 2.18. The van der Waals surface area contributed by atoms with E-state index in [2.05, 4.69) is 36.0 Å². The second kappa shape index (κ2) is 6.29. The van der Waals surface area contributed by atoms with Crippen LogP contribution in [0.1, 0.15) is 39.4 Å². The maximum Gasteiger partial charge on any atom is 0.261 e. The van der Waals surface area contributed by atoms with Gasteiger partial charge in [-0.05, 0) is 12.8 Å². The number of rotatable bonds is 6. The zero-order chi connectivity index (χ0) is 16.3. The molecule has 120 valence electrons. The number of hydrogen-bond donors (Lipinski definition) is 0. The molecular formula is C15H23N5O2. The summed E-state index contributed by atoms with van der Waals surface area (Å²) in [6, 6.07) is 0. The first-order valence-corrected chi connectivity index (χ1v) is 7.46. The molecule has 0 aliphatic rings. The summed E-state index contributed by atoms with van der Waals surface area (Å²) in [5.41, 5.74) is 0.637. The highest BCUT2D eigenvalue weighted by molar-refractivity contribution is 5.75. The first-order chi connectivity index (χ1) is 10.4. The van der Waals surface area contributed by atoms with Crippen LogP contribution in [0.15, 0.2) is 16.9 Å². The fourth-order valence-electron chi connectivity index (χ4n) is 1.99. The van der Waals surface area contributed by atoms with Crippen LogP contribution in [0, 0.1) is 0 Å². The van der Waals surface area contributed by atoms with Crippen LogP contribution >= 0.6 is 0 Å². The molecule has 0 bridgehead atoms. The minimum Gasteiger partial charge on any atom is -0.347 e. The molecule has 0 aliphatic heterocycles. The van der Waals surface area contributed by atoms with Gasteiger partial charge >= 0.3 is 0 Å². The van der Waals surface area contributed by atoms with Gasteiger partial charge in [-0.3, -0.25) is 9.48 Å². The van der Waals surface area contributed by atoms with Crippen molar-refractivity contribution in [2.75, 3.05) is 14.1 Å². The van der Waals surface area contributed by atoms with Gasteiger partial charge in [0.2, 0.25) is 5.91 Å². The van der Waals surface area contributed by atoms with E-state index >= 15 is 0 Å². The van der Waals surface area contributed by atoms with E-state index in [1.807, 2.05) is 0 Å². The molecule has 0 N–H and O–H groups in total. The van der Waals surface area contributed by atoms with Gasteiger partial charge in [-0.1, -0.05) is 25.9 Å². The van der Waals surface area contributed by atoms with Gasteiger partial charge in [-0.2, -0.15) is 10.1 Å². The number of hydrogen-bond acceptors (Lipinski definition) is 5. The molecule has 0 atom stereocenters. The molecule has 22 heavy (non-hydrogen) atoms. The number of nitrogens with zero attached hydrogens (tertiary/aromatic N) is 5. The van der Waals surface area contributed by atoms with E-state index in [9.17, 15) is 4.79 Å².